The number of benzene rings is 3. The molecule has 0 aliphatic carbocycles. The van der Waals surface area contributed by atoms with Gasteiger partial charge in [-0.25, -0.2) is 8.42 Å². The molecule has 4 rings (SSSR count). The molecule has 7 heteroatoms. The van der Waals surface area contributed by atoms with Crippen LogP contribution >= 0.6 is 0 Å². The molecule has 2 atom stereocenters. The van der Waals surface area contributed by atoms with E-state index < -0.39 is 22.3 Å². The quantitative estimate of drug-likeness (QED) is 0.499. The van der Waals surface area contributed by atoms with E-state index in [1.54, 1.807) is 79.9 Å². The molecule has 0 radical (unpaired) electrons. The molecule has 1 heterocycles. The molecular weight excluding hydrogens is 426 g/mol. The molecular formula is C25H25NO5S. The number of sulfonamides is 1. The van der Waals surface area contributed by atoms with Gasteiger partial charge in [0.1, 0.15) is 5.75 Å². The molecule has 1 fully saturated rings. The van der Waals surface area contributed by atoms with Gasteiger partial charge in [0, 0.05) is 12.0 Å². The van der Waals surface area contributed by atoms with Crippen molar-refractivity contribution in [1.29, 1.82) is 0 Å². The first kappa shape index (κ1) is 22.2. The lowest BCUT2D eigenvalue weighted by Gasteiger charge is -2.27. The van der Waals surface area contributed by atoms with Crippen LogP contribution in [-0.4, -0.2) is 38.3 Å². The summed E-state index contributed by atoms with van der Waals surface area (Å²) in [6.45, 7) is 2.03. The Labute approximate surface area is 188 Å². The lowest BCUT2D eigenvalue weighted by molar-refractivity contribution is 0.0680. The monoisotopic (exact) mass is 451 g/mol. The van der Waals surface area contributed by atoms with Crippen molar-refractivity contribution in [2.75, 3.05) is 13.7 Å². The molecule has 1 saturated heterocycles. The van der Waals surface area contributed by atoms with Gasteiger partial charge in [-0.3, -0.25) is 4.79 Å². The highest BCUT2D eigenvalue weighted by Crippen LogP contribution is 2.38. The van der Waals surface area contributed by atoms with Crippen LogP contribution in [0.2, 0.25) is 0 Å². The van der Waals surface area contributed by atoms with Crippen molar-refractivity contribution in [3.05, 3.63) is 95.6 Å². The number of Topliss-reactive ketones (excluding diaryl/α,β-unsaturated/α-hetero) is 1. The Morgan fingerprint density at radius 2 is 1.66 bits per heavy atom. The zero-order chi connectivity index (χ0) is 22.7. The van der Waals surface area contributed by atoms with Crippen LogP contribution < -0.4 is 4.74 Å². The third kappa shape index (κ3) is 4.46. The number of nitrogens with zero attached hydrogens (tertiary/aromatic N) is 1. The SMILES string of the molecule is COc1ccc([C@H]2OC[C@@H](CC(=O)c3ccccc3)N2S(=O)(=O)c2ccc(C)cc2)cc1. The minimum Gasteiger partial charge on any atom is -0.497 e. The van der Waals surface area contributed by atoms with E-state index in [0.29, 0.717) is 16.9 Å². The van der Waals surface area contributed by atoms with Gasteiger partial charge < -0.3 is 9.47 Å². The largest absolute Gasteiger partial charge is 0.497 e. The Morgan fingerprint density at radius 1 is 1.00 bits per heavy atom. The van der Waals surface area contributed by atoms with E-state index in [1.807, 2.05) is 13.0 Å². The molecule has 0 amide bonds. The second-order valence-corrected chi connectivity index (χ2v) is 9.60. The summed E-state index contributed by atoms with van der Waals surface area (Å²) in [6.07, 6.45) is -0.803. The Hall–Kier alpha value is -3.00. The van der Waals surface area contributed by atoms with E-state index in [2.05, 4.69) is 0 Å². The van der Waals surface area contributed by atoms with E-state index in [9.17, 15) is 13.2 Å². The van der Waals surface area contributed by atoms with Crippen molar-refractivity contribution in [2.45, 2.75) is 30.5 Å². The number of aryl methyl sites for hydroxylation is 1. The van der Waals surface area contributed by atoms with Crippen LogP contribution in [0.3, 0.4) is 0 Å². The van der Waals surface area contributed by atoms with Gasteiger partial charge in [0.2, 0.25) is 10.0 Å². The molecule has 1 aliphatic heterocycles. The van der Waals surface area contributed by atoms with E-state index in [4.69, 9.17) is 9.47 Å². The van der Waals surface area contributed by atoms with Crippen LogP contribution in [0.25, 0.3) is 0 Å². The van der Waals surface area contributed by atoms with Crippen LogP contribution in [0.4, 0.5) is 0 Å². The van der Waals surface area contributed by atoms with Gasteiger partial charge in [-0.2, -0.15) is 4.31 Å². The zero-order valence-electron chi connectivity index (χ0n) is 18.0. The average Bonchev–Trinajstić information content (AvgIpc) is 3.24. The summed E-state index contributed by atoms with van der Waals surface area (Å²) in [6, 6.07) is 22.0. The summed E-state index contributed by atoms with van der Waals surface area (Å²) in [7, 11) is -2.35. The van der Waals surface area contributed by atoms with Gasteiger partial charge >= 0.3 is 0 Å². The number of carbonyl (C=O) groups excluding carboxylic acids is 1. The lowest BCUT2D eigenvalue weighted by atomic mass is 10.0. The van der Waals surface area contributed by atoms with E-state index in [1.165, 1.54) is 4.31 Å². The first-order valence-electron chi connectivity index (χ1n) is 10.3. The Balaban J connectivity index is 1.70. The standard InChI is InChI=1S/C25H25NO5S/c1-18-8-14-23(15-9-18)32(28,29)26-21(16-24(27)19-6-4-3-5-7-19)17-31-25(26)20-10-12-22(30-2)13-11-20/h3-15,21,25H,16-17H2,1-2H3/t21-,25-/m1/s1. The first-order chi connectivity index (χ1) is 15.4. The molecule has 6 nitrogen and oxygen atoms in total. The van der Waals surface area contributed by atoms with Crippen molar-refractivity contribution >= 4 is 15.8 Å². The molecule has 0 unspecified atom stereocenters. The van der Waals surface area contributed by atoms with Crippen molar-refractivity contribution < 1.29 is 22.7 Å². The molecule has 3 aromatic rings. The van der Waals surface area contributed by atoms with Gasteiger partial charge in [0.15, 0.2) is 12.0 Å². The van der Waals surface area contributed by atoms with Crippen LogP contribution in [-0.2, 0) is 14.8 Å². The number of rotatable bonds is 7. The molecule has 0 N–H and O–H groups in total. The van der Waals surface area contributed by atoms with Crippen molar-refractivity contribution in [2.24, 2.45) is 0 Å². The highest BCUT2D eigenvalue weighted by Gasteiger charge is 2.44. The van der Waals surface area contributed by atoms with Crippen molar-refractivity contribution in [3.8, 4) is 5.75 Å². The zero-order valence-corrected chi connectivity index (χ0v) is 18.8. The number of ether oxygens (including phenoxy) is 2. The van der Waals surface area contributed by atoms with E-state index in [0.717, 1.165) is 5.56 Å². The molecule has 1 aliphatic rings. The molecule has 0 saturated carbocycles. The molecule has 0 bridgehead atoms. The predicted molar refractivity (Wildman–Crippen MR) is 121 cm³/mol. The maximum Gasteiger partial charge on any atom is 0.245 e. The second kappa shape index (κ2) is 9.24. The fourth-order valence-corrected chi connectivity index (χ4v) is 5.50. The predicted octanol–water partition coefficient (Wildman–Crippen LogP) is 4.36. The number of methoxy groups -OCH3 is 1. The summed E-state index contributed by atoms with van der Waals surface area (Å²) in [5, 5.41) is 0. The van der Waals surface area contributed by atoms with Crippen LogP contribution in [0.15, 0.2) is 83.8 Å². The first-order valence-corrected chi connectivity index (χ1v) is 11.8. The number of hydrogen-bond donors (Lipinski definition) is 0. The summed E-state index contributed by atoms with van der Waals surface area (Å²) in [5.41, 5.74) is 2.19. The molecule has 32 heavy (non-hydrogen) atoms. The maximum absolute atomic E-state index is 13.7. The summed E-state index contributed by atoms with van der Waals surface area (Å²) in [5.74, 6) is 0.536. The molecule has 166 valence electrons. The third-order valence-electron chi connectivity index (χ3n) is 5.55. The van der Waals surface area contributed by atoms with E-state index in [-0.39, 0.29) is 23.7 Å². The summed E-state index contributed by atoms with van der Waals surface area (Å²) >= 11 is 0. The topological polar surface area (TPSA) is 72.9 Å². The minimum atomic E-state index is -3.92. The Morgan fingerprint density at radius 3 is 2.28 bits per heavy atom. The average molecular weight is 452 g/mol. The van der Waals surface area contributed by atoms with Crippen molar-refractivity contribution in [1.82, 2.24) is 4.31 Å². The number of ketones is 1. The van der Waals surface area contributed by atoms with Gasteiger partial charge in [-0.1, -0.05) is 60.2 Å². The van der Waals surface area contributed by atoms with Crippen LogP contribution in [0.5, 0.6) is 5.75 Å². The third-order valence-corrected chi connectivity index (χ3v) is 7.46. The maximum atomic E-state index is 13.7. The fraction of sp³-hybridized carbons (Fsp3) is 0.240. The fourth-order valence-electron chi connectivity index (χ4n) is 3.81. The highest BCUT2D eigenvalue weighted by molar-refractivity contribution is 7.89. The Bertz CT molecular complexity index is 1180. The normalized spacial score (nSPS) is 19.1. The van der Waals surface area contributed by atoms with Gasteiger partial charge in [-0.15, -0.1) is 0 Å². The van der Waals surface area contributed by atoms with Crippen LogP contribution in [0.1, 0.15) is 34.1 Å². The molecule has 0 spiro atoms. The Kier molecular flexibility index (Phi) is 6.41. The summed E-state index contributed by atoms with van der Waals surface area (Å²) in [4.78, 5) is 13.1. The smallest absolute Gasteiger partial charge is 0.245 e. The molecule has 0 aromatic heterocycles. The van der Waals surface area contributed by atoms with Gasteiger partial charge in [-0.05, 0) is 36.8 Å². The molecule has 3 aromatic carbocycles. The number of hydrogen-bond acceptors (Lipinski definition) is 5. The lowest BCUT2D eigenvalue weighted by Crippen LogP contribution is -2.39. The second-order valence-electron chi connectivity index (χ2n) is 7.75. The highest BCUT2D eigenvalue weighted by atomic mass is 32.2. The number of carbonyl (C=O) groups is 1. The summed E-state index contributed by atoms with van der Waals surface area (Å²) < 4.78 is 39.9. The van der Waals surface area contributed by atoms with Crippen LogP contribution in [0, 0.1) is 6.92 Å². The van der Waals surface area contributed by atoms with Gasteiger partial charge in [0.25, 0.3) is 0 Å². The minimum absolute atomic E-state index is 0.0295. The van der Waals surface area contributed by atoms with E-state index >= 15 is 0 Å². The van der Waals surface area contributed by atoms with Crippen molar-refractivity contribution in [3.63, 3.8) is 0 Å². The van der Waals surface area contributed by atoms with Gasteiger partial charge in [0.05, 0.1) is 24.7 Å².